The Kier molecular flexibility index (Phi) is 6.77. The minimum Gasteiger partial charge on any atom is -0.508 e. The smallest absolute Gasteiger partial charge is 0.258 e. The first-order chi connectivity index (χ1) is 13.9. The van der Waals surface area contributed by atoms with Crippen molar-refractivity contribution in [3.8, 4) is 11.5 Å². The summed E-state index contributed by atoms with van der Waals surface area (Å²) in [7, 11) is 0. The van der Waals surface area contributed by atoms with E-state index in [-0.39, 0.29) is 28.9 Å². The Morgan fingerprint density at radius 2 is 1.76 bits per heavy atom. The van der Waals surface area contributed by atoms with Crippen LogP contribution in [0.25, 0.3) is 0 Å². The van der Waals surface area contributed by atoms with Crippen LogP contribution in [0.3, 0.4) is 0 Å². The molecule has 0 spiro atoms. The second-order valence-electron chi connectivity index (χ2n) is 7.88. The molecule has 0 saturated carbocycles. The summed E-state index contributed by atoms with van der Waals surface area (Å²) < 4.78 is 0. The predicted octanol–water partition coefficient (Wildman–Crippen LogP) is 3.08. The molecule has 1 aliphatic rings. The average molecular weight is 398 g/mol. The van der Waals surface area contributed by atoms with Gasteiger partial charge in [0.15, 0.2) is 0 Å². The highest BCUT2D eigenvalue weighted by atomic mass is 16.3. The van der Waals surface area contributed by atoms with Crippen molar-refractivity contribution in [1.29, 1.82) is 0 Å². The lowest BCUT2D eigenvalue weighted by molar-refractivity contribution is 0.0748. The number of hydrogen-bond donors (Lipinski definition) is 4. The molecule has 6 heteroatoms. The van der Waals surface area contributed by atoms with Gasteiger partial charge >= 0.3 is 0 Å². The number of carbonyl (C=O) groups is 1. The molecule has 4 N–H and O–H groups in total. The molecule has 0 radical (unpaired) electrons. The Morgan fingerprint density at radius 1 is 1.03 bits per heavy atom. The molecule has 2 aromatic rings. The number of hydrogen-bond acceptors (Lipinski definition) is 5. The van der Waals surface area contributed by atoms with Gasteiger partial charge in [0.05, 0.1) is 5.56 Å². The van der Waals surface area contributed by atoms with Crippen molar-refractivity contribution >= 4 is 5.91 Å². The quantitative estimate of drug-likeness (QED) is 0.515. The van der Waals surface area contributed by atoms with Crippen LogP contribution in [0.15, 0.2) is 30.3 Å². The number of likely N-dealkylation sites (N-methyl/N-ethyl adjacent to an activating group) is 1. The molecule has 1 heterocycles. The zero-order valence-electron chi connectivity index (χ0n) is 17.5. The van der Waals surface area contributed by atoms with Crippen LogP contribution in [0, 0.1) is 0 Å². The molecule has 0 atom stereocenters. The fourth-order valence-electron chi connectivity index (χ4n) is 3.69. The van der Waals surface area contributed by atoms with E-state index in [1.165, 1.54) is 11.6 Å². The highest BCUT2D eigenvalue weighted by Gasteiger charge is 2.27. The summed E-state index contributed by atoms with van der Waals surface area (Å²) >= 11 is 0. The van der Waals surface area contributed by atoms with Gasteiger partial charge < -0.3 is 25.7 Å². The monoisotopic (exact) mass is 397 g/mol. The van der Waals surface area contributed by atoms with E-state index in [1.54, 1.807) is 11.0 Å². The predicted molar refractivity (Wildman–Crippen MR) is 114 cm³/mol. The Labute approximate surface area is 172 Å². The Bertz CT molecular complexity index is 880. The summed E-state index contributed by atoms with van der Waals surface area (Å²) in [6, 6.07) is 9.21. The number of carbonyl (C=O) groups excluding carboxylic acids is 1. The zero-order chi connectivity index (χ0) is 21.0. The number of phenolic OH excluding ortho intramolecular Hbond substituents is 2. The number of phenols is 2. The van der Waals surface area contributed by atoms with Crippen molar-refractivity contribution in [2.45, 2.75) is 46.3 Å². The SMILES string of the molecule is CCNCCNCc1ccc2c(c1)CN(C(=O)c1cc(C(C)C)c(O)cc1O)C2. The second kappa shape index (κ2) is 9.29. The maximum Gasteiger partial charge on any atom is 0.258 e. The summed E-state index contributed by atoms with van der Waals surface area (Å²) in [6.07, 6.45) is 0. The Morgan fingerprint density at radius 3 is 2.48 bits per heavy atom. The summed E-state index contributed by atoms with van der Waals surface area (Å²) in [6.45, 7) is 10.7. The Balaban J connectivity index is 1.69. The van der Waals surface area contributed by atoms with Crippen LogP contribution >= 0.6 is 0 Å². The maximum absolute atomic E-state index is 13.0. The van der Waals surface area contributed by atoms with E-state index in [0.29, 0.717) is 18.7 Å². The molecule has 0 fully saturated rings. The number of aromatic hydroxyl groups is 2. The van der Waals surface area contributed by atoms with E-state index in [9.17, 15) is 15.0 Å². The molecule has 0 aliphatic carbocycles. The maximum atomic E-state index is 13.0. The van der Waals surface area contributed by atoms with E-state index in [2.05, 4.69) is 35.8 Å². The molecule has 156 valence electrons. The molecule has 6 nitrogen and oxygen atoms in total. The van der Waals surface area contributed by atoms with Crippen LogP contribution in [-0.2, 0) is 19.6 Å². The summed E-state index contributed by atoms with van der Waals surface area (Å²) in [5.74, 6) is -0.324. The van der Waals surface area contributed by atoms with Gasteiger partial charge in [0, 0.05) is 38.8 Å². The third-order valence-corrected chi connectivity index (χ3v) is 5.34. The van der Waals surface area contributed by atoms with Crippen molar-refractivity contribution < 1.29 is 15.0 Å². The van der Waals surface area contributed by atoms with E-state index in [0.717, 1.165) is 37.3 Å². The van der Waals surface area contributed by atoms with Crippen LogP contribution < -0.4 is 10.6 Å². The molecule has 0 unspecified atom stereocenters. The van der Waals surface area contributed by atoms with Crippen molar-refractivity contribution in [3.63, 3.8) is 0 Å². The van der Waals surface area contributed by atoms with Gasteiger partial charge in [0.2, 0.25) is 0 Å². The number of nitrogens with zero attached hydrogens (tertiary/aromatic N) is 1. The molecule has 0 aromatic heterocycles. The van der Waals surface area contributed by atoms with Crippen LogP contribution in [-0.4, -0.2) is 40.7 Å². The standard InChI is InChI=1S/C23H31N3O3/c1-4-24-7-8-25-12-16-5-6-17-13-26(14-18(17)9-16)23(29)20-10-19(15(2)3)21(27)11-22(20)28/h5-6,9-11,15,24-25,27-28H,4,7-8,12-14H2,1-3H3. The van der Waals surface area contributed by atoms with Gasteiger partial charge in [-0.25, -0.2) is 0 Å². The van der Waals surface area contributed by atoms with Gasteiger partial charge in [0.25, 0.3) is 5.91 Å². The van der Waals surface area contributed by atoms with E-state index >= 15 is 0 Å². The molecular formula is C23H31N3O3. The van der Waals surface area contributed by atoms with Gasteiger partial charge in [-0.1, -0.05) is 39.0 Å². The molecule has 1 aliphatic heterocycles. The van der Waals surface area contributed by atoms with Gasteiger partial charge in [-0.2, -0.15) is 0 Å². The minimum atomic E-state index is -0.217. The van der Waals surface area contributed by atoms with Crippen LogP contribution in [0.5, 0.6) is 11.5 Å². The number of rotatable bonds is 8. The van der Waals surface area contributed by atoms with Gasteiger partial charge in [0.1, 0.15) is 11.5 Å². The molecular weight excluding hydrogens is 366 g/mol. The fourth-order valence-corrected chi connectivity index (χ4v) is 3.69. The number of fused-ring (bicyclic) bond motifs is 1. The van der Waals surface area contributed by atoms with Gasteiger partial charge in [-0.15, -0.1) is 0 Å². The first kappa shape index (κ1) is 21.1. The van der Waals surface area contributed by atoms with Crippen molar-refractivity contribution in [3.05, 3.63) is 58.1 Å². The minimum absolute atomic E-state index is 0.0186. The lowest BCUT2D eigenvalue weighted by Crippen LogP contribution is -2.26. The first-order valence-corrected chi connectivity index (χ1v) is 10.3. The van der Waals surface area contributed by atoms with Crippen molar-refractivity contribution in [2.75, 3.05) is 19.6 Å². The largest absolute Gasteiger partial charge is 0.508 e. The van der Waals surface area contributed by atoms with Gasteiger partial charge in [-0.3, -0.25) is 4.79 Å². The average Bonchev–Trinajstić information content (AvgIpc) is 3.10. The van der Waals surface area contributed by atoms with Crippen molar-refractivity contribution in [1.82, 2.24) is 15.5 Å². The molecule has 0 bridgehead atoms. The van der Waals surface area contributed by atoms with Crippen molar-refractivity contribution in [2.24, 2.45) is 0 Å². The summed E-state index contributed by atoms with van der Waals surface area (Å²) in [4.78, 5) is 14.8. The third-order valence-electron chi connectivity index (χ3n) is 5.34. The lowest BCUT2D eigenvalue weighted by atomic mass is 9.98. The van der Waals surface area contributed by atoms with Crippen LogP contribution in [0.1, 0.15) is 59.3 Å². The van der Waals surface area contributed by atoms with Crippen LogP contribution in [0.4, 0.5) is 0 Å². The third kappa shape index (κ3) is 4.89. The Hall–Kier alpha value is -2.57. The topological polar surface area (TPSA) is 84.8 Å². The molecule has 29 heavy (non-hydrogen) atoms. The van der Waals surface area contributed by atoms with E-state index in [1.807, 2.05) is 13.8 Å². The van der Waals surface area contributed by atoms with E-state index < -0.39 is 0 Å². The first-order valence-electron chi connectivity index (χ1n) is 10.3. The lowest BCUT2D eigenvalue weighted by Gasteiger charge is -2.18. The van der Waals surface area contributed by atoms with Crippen LogP contribution in [0.2, 0.25) is 0 Å². The number of benzene rings is 2. The zero-order valence-corrected chi connectivity index (χ0v) is 17.5. The highest BCUT2D eigenvalue weighted by Crippen LogP contribution is 2.34. The number of nitrogens with one attached hydrogen (secondary N) is 2. The molecule has 1 amide bonds. The second-order valence-corrected chi connectivity index (χ2v) is 7.88. The summed E-state index contributed by atoms with van der Waals surface area (Å²) in [5, 5.41) is 27.0. The normalized spacial score (nSPS) is 13.2. The highest BCUT2D eigenvalue weighted by molar-refractivity contribution is 5.97. The molecule has 3 rings (SSSR count). The fraction of sp³-hybridized carbons (Fsp3) is 0.435. The van der Waals surface area contributed by atoms with E-state index in [4.69, 9.17) is 0 Å². The number of amides is 1. The molecule has 0 saturated heterocycles. The van der Waals surface area contributed by atoms with Gasteiger partial charge in [-0.05, 0) is 40.8 Å². The molecule has 2 aromatic carbocycles. The summed E-state index contributed by atoms with van der Waals surface area (Å²) in [5.41, 5.74) is 4.38.